The predicted octanol–water partition coefficient (Wildman–Crippen LogP) is 3.54. The standard InChI is InChI=1S/C25H30ClN7O4/c1-14(13-36-20-12-28-10-15-6-7-16(27)8-17(15)20)30-23(34)19-11-29-22-18(9-21(26)31-33(19)22)32(5)24(35)37-25(2,3)4/h6-12,14,21,31H,13,27H2,1-5H3,(H,30,34). The average Bonchev–Trinajstić information content (AvgIpc) is 3.24. The number of fused-ring (bicyclic) bond motifs is 2. The zero-order valence-corrected chi connectivity index (χ0v) is 22.0. The first-order chi connectivity index (χ1) is 17.4. The number of alkyl halides is 1. The number of carbonyl (C=O) groups excluding carboxylic acids is 2. The van der Waals surface area contributed by atoms with Gasteiger partial charge in [0.05, 0.1) is 24.1 Å². The largest absolute Gasteiger partial charge is 0.489 e. The first-order valence-corrected chi connectivity index (χ1v) is 12.1. The number of benzene rings is 1. The van der Waals surface area contributed by atoms with Crippen LogP contribution in [-0.2, 0) is 4.74 Å². The topological polar surface area (TPSA) is 137 Å². The van der Waals surface area contributed by atoms with Crippen molar-refractivity contribution in [1.82, 2.24) is 24.9 Å². The van der Waals surface area contributed by atoms with Gasteiger partial charge in [0, 0.05) is 29.7 Å². The van der Waals surface area contributed by atoms with Crippen molar-refractivity contribution in [2.24, 2.45) is 0 Å². The number of rotatable bonds is 6. The van der Waals surface area contributed by atoms with Crippen LogP contribution in [0, 0.1) is 0 Å². The maximum Gasteiger partial charge on any atom is 0.414 e. The van der Waals surface area contributed by atoms with Crippen LogP contribution in [0.2, 0.25) is 0 Å². The highest BCUT2D eigenvalue weighted by molar-refractivity contribution is 6.23. The van der Waals surface area contributed by atoms with E-state index in [9.17, 15) is 9.59 Å². The van der Waals surface area contributed by atoms with E-state index in [2.05, 4.69) is 20.7 Å². The first kappa shape index (κ1) is 26.1. The minimum Gasteiger partial charge on any atom is -0.489 e. The summed E-state index contributed by atoms with van der Waals surface area (Å²) in [7, 11) is 1.56. The number of imidazole rings is 1. The molecule has 4 rings (SSSR count). The van der Waals surface area contributed by atoms with Crippen LogP contribution in [0.4, 0.5) is 10.5 Å². The quantitative estimate of drug-likeness (QED) is 0.251. The predicted molar refractivity (Wildman–Crippen MR) is 142 cm³/mol. The van der Waals surface area contributed by atoms with Gasteiger partial charge in [-0.25, -0.2) is 14.5 Å². The summed E-state index contributed by atoms with van der Waals surface area (Å²) in [5, 5.41) is 4.63. The molecule has 2 amide bonds. The van der Waals surface area contributed by atoms with Crippen LogP contribution in [0.5, 0.6) is 5.75 Å². The number of amides is 2. The molecule has 0 bridgehead atoms. The lowest BCUT2D eigenvalue weighted by molar-refractivity contribution is 0.0386. The Morgan fingerprint density at radius 2 is 2.05 bits per heavy atom. The molecular formula is C25H30ClN7O4. The number of nitrogens with two attached hydrogens (primary N) is 1. The Kier molecular flexibility index (Phi) is 7.17. The zero-order valence-electron chi connectivity index (χ0n) is 21.3. The molecule has 1 aromatic carbocycles. The number of ether oxygens (including phenoxy) is 2. The molecule has 3 heterocycles. The monoisotopic (exact) mass is 527 g/mol. The molecule has 1 aliphatic rings. The summed E-state index contributed by atoms with van der Waals surface area (Å²) in [6.07, 6.45) is 5.81. The summed E-state index contributed by atoms with van der Waals surface area (Å²) in [4.78, 5) is 35.6. The highest BCUT2D eigenvalue weighted by Gasteiger charge is 2.31. The van der Waals surface area contributed by atoms with Gasteiger partial charge in [0.25, 0.3) is 5.91 Å². The summed E-state index contributed by atoms with van der Waals surface area (Å²) in [5.74, 6) is 0.519. The van der Waals surface area contributed by atoms with Gasteiger partial charge in [-0.15, -0.1) is 0 Å². The summed E-state index contributed by atoms with van der Waals surface area (Å²) in [6, 6.07) is 5.14. The molecule has 2 atom stereocenters. The second kappa shape index (κ2) is 10.2. The highest BCUT2D eigenvalue weighted by Crippen LogP contribution is 2.27. The Balaban J connectivity index is 1.45. The van der Waals surface area contributed by atoms with E-state index >= 15 is 0 Å². The van der Waals surface area contributed by atoms with Crippen LogP contribution in [-0.4, -0.2) is 62.3 Å². The molecule has 2 aromatic heterocycles. The number of halogens is 1. The number of carbonyl (C=O) groups is 2. The molecule has 2 unspecified atom stereocenters. The second-order valence-electron chi connectivity index (χ2n) is 9.73. The van der Waals surface area contributed by atoms with Crippen LogP contribution >= 0.6 is 11.6 Å². The number of hydrogen-bond acceptors (Lipinski definition) is 8. The molecule has 0 saturated heterocycles. The lowest BCUT2D eigenvalue weighted by Gasteiger charge is -2.29. The van der Waals surface area contributed by atoms with Crippen LogP contribution in [0.3, 0.4) is 0 Å². The Bertz CT molecular complexity index is 1360. The third-order valence-corrected chi connectivity index (χ3v) is 5.65. The van der Waals surface area contributed by atoms with Gasteiger partial charge in [0.1, 0.15) is 29.2 Å². The van der Waals surface area contributed by atoms with E-state index in [1.807, 2.05) is 19.1 Å². The van der Waals surface area contributed by atoms with E-state index in [4.69, 9.17) is 26.8 Å². The van der Waals surface area contributed by atoms with Crippen molar-refractivity contribution in [3.8, 4) is 5.75 Å². The number of hydrogen-bond donors (Lipinski definition) is 3. The molecule has 0 radical (unpaired) electrons. The van der Waals surface area contributed by atoms with Crippen molar-refractivity contribution in [2.75, 3.05) is 24.8 Å². The van der Waals surface area contributed by atoms with Gasteiger partial charge in [-0.2, -0.15) is 0 Å². The fourth-order valence-electron chi connectivity index (χ4n) is 3.71. The van der Waals surface area contributed by atoms with Crippen molar-refractivity contribution < 1.29 is 19.1 Å². The third-order valence-electron chi connectivity index (χ3n) is 5.42. The molecule has 1 aliphatic heterocycles. The number of aromatic nitrogens is 3. The van der Waals surface area contributed by atoms with Crippen LogP contribution in [0.1, 0.15) is 44.0 Å². The van der Waals surface area contributed by atoms with E-state index in [1.165, 1.54) is 15.8 Å². The highest BCUT2D eigenvalue weighted by atomic mass is 35.5. The van der Waals surface area contributed by atoms with Crippen LogP contribution < -0.4 is 21.2 Å². The molecule has 37 heavy (non-hydrogen) atoms. The lowest BCUT2D eigenvalue weighted by Crippen LogP contribution is -2.41. The Morgan fingerprint density at radius 1 is 1.30 bits per heavy atom. The zero-order chi connectivity index (χ0) is 26.9. The molecule has 0 spiro atoms. The normalized spacial score (nSPS) is 15.7. The van der Waals surface area contributed by atoms with Gasteiger partial charge < -0.3 is 25.9 Å². The molecule has 196 valence electrons. The van der Waals surface area contributed by atoms with Gasteiger partial charge in [-0.1, -0.05) is 17.7 Å². The molecule has 11 nitrogen and oxygen atoms in total. The van der Waals surface area contributed by atoms with Crippen molar-refractivity contribution in [3.05, 3.63) is 54.4 Å². The lowest BCUT2D eigenvalue weighted by atomic mass is 10.1. The number of pyridine rings is 1. The Morgan fingerprint density at radius 3 is 2.78 bits per heavy atom. The van der Waals surface area contributed by atoms with Crippen LogP contribution in [0.15, 0.2) is 42.9 Å². The molecule has 4 N–H and O–H groups in total. The van der Waals surface area contributed by atoms with Crippen molar-refractivity contribution in [2.45, 2.75) is 44.8 Å². The maximum atomic E-state index is 13.1. The van der Waals surface area contributed by atoms with Gasteiger partial charge >= 0.3 is 6.09 Å². The Hall–Kier alpha value is -3.99. The van der Waals surface area contributed by atoms with Crippen molar-refractivity contribution in [1.29, 1.82) is 0 Å². The molecule has 3 aromatic rings. The number of nitrogens with one attached hydrogen (secondary N) is 2. The fourth-order valence-corrected chi connectivity index (χ4v) is 3.93. The van der Waals surface area contributed by atoms with E-state index in [0.717, 1.165) is 10.8 Å². The van der Waals surface area contributed by atoms with Crippen molar-refractivity contribution in [3.63, 3.8) is 0 Å². The van der Waals surface area contributed by atoms with Crippen LogP contribution in [0.25, 0.3) is 16.5 Å². The van der Waals surface area contributed by atoms with Gasteiger partial charge in [-0.05, 0) is 45.9 Å². The first-order valence-electron chi connectivity index (χ1n) is 11.7. The summed E-state index contributed by atoms with van der Waals surface area (Å²) >= 11 is 6.36. The van der Waals surface area contributed by atoms with E-state index in [0.29, 0.717) is 23.0 Å². The fraction of sp³-hybridized carbons (Fsp3) is 0.360. The summed E-state index contributed by atoms with van der Waals surface area (Å²) in [5.41, 5.74) is 8.76. The summed E-state index contributed by atoms with van der Waals surface area (Å²) < 4.78 is 12.8. The van der Waals surface area contributed by atoms with E-state index < -0.39 is 23.1 Å². The van der Waals surface area contributed by atoms with Gasteiger partial charge in [0.15, 0.2) is 5.82 Å². The molecule has 0 fully saturated rings. The van der Waals surface area contributed by atoms with Gasteiger partial charge in [0.2, 0.25) is 0 Å². The SMILES string of the molecule is CC(COc1cncc2ccc(N)cc12)NC(=O)c1cnc2n1NC(Cl)C=C2N(C)C(=O)OC(C)(C)C. The Labute approximate surface area is 219 Å². The number of nitrogens with zero attached hydrogens (tertiary/aromatic N) is 4. The molecule has 12 heteroatoms. The maximum absolute atomic E-state index is 13.1. The average molecular weight is 528 g/mol. The number of anilines is 1. The van der Waals surface area contributed by atoms with E-state index in [1.54, 1.807) is 52.4 Å². The minimum atomic E-state index is -0.694. The molecule has 0 saturated carbocycles. The smallest absolute Gasteiger partial charge is 0.414 e. The van der Waals surface area contributed by atoms with E-state index in [-0.39, 0.29) is 18.3 Å². The minimum absolute atomic E-state index is 0.195. The molecular weight excluding hydrogens is 498 g/mol. The summed E-state index contributed by atoms with van der Waals surface area (Å²) in [6.45, 7) is 7.35. The third kappa shape index (κ3) is 5.88. The molecule has 0 aliphatic carbocycles. The van der Waals surface area contributed by atoms with Gasteiger partial charge in [-0.3, -0.25) is 14.7 Å². The van der Waals surface area contributed by atoms with Crippen molar-refractivity contribution >= 4 is 45.8 Å². The second-order valence-corrected chi connectivity index (χ2v) is 10.2. The number of nitrogen functional groups attached to an aromatic ring is 1.